The predicted molar refractivity (Wildman–Crippen MR) is 284 cm³/mol. The van der Waals surface area contributed by atoms with Gasteiger partial charge < -0.3 is 14.2 Å². The minimum Gasteiger partial charge on any atom is -0.462 e. The molecule has 0 aliphatic heterocycles. The van der Waals surface area contributed by atoms with Crippen LogP contribution in [-0.4, -0.2) is 37.2 Å². The molecule has 66 heavy (non-hydrogen) atoms. The van der Waals surface area contributed by atoms with Gasteiger partial charge in [0.25, 0.3) is 0 Å². The van der Waals surface area contributed by atoms with E-state index in [1.807, 2.05) is 0 Å². The van der Waals surface area contributed by atoms with Gasteiger partial charge in [-0.2, -0.15) is 0 Å². The largest absolute Gasteiger partial charge is 0.462 e. The van der Waals surface area contributed by atoms with Crippen LogP contribution in [0.1, 0.15) is 258 Å². The van der Waals surface area contributed by atoms with E-state index in [-0.39, 0.29) is 37.5 Å². The van der Waals surface area contributed by atoms with Crippen molar-refractivity contribution in [1.29, 1.82) is 0 Å². The summed E-state index contributed by atoms with van der Waals surface area (Å²) in [5, 5.41) is 0. The molecule has 6 nitrogen and oxygen atoms in total. The maximum absolute atomic E-state index is 12.8. The lowest BCUT2D eigenvalue weighted by atomic mass is 10.0. The van der Waals surface area contributed by atoms with Gasteiger partial charge in [0.1, 0.15) is 13.2 Å². The number of carbonyl (C=O) groups is 3. The molecule has 0 bridgehead atoms. The molecule has 1 atom stereocenters. The van der Waals surface area contributed by atoms with E-state index in [0.29, 0.717) is 19.3 Å². The minimum absolute atomic E-state index is 0.104. The fraction of sp³-hybridized carbons (Fsp3) is 0.717. The summed E-state index contributed by atoms with van der Waals surface area (Å²) < 4.78 is 16.8. The van der Waals surface area contributed by atoms with Crippen LogP contribution in [0.3, 0.4) is 0 Å². The average molecular weight is 919 g/mol. The van der Waals surface area contributed by atoms with Crippen molar-refractivity contribution in [1.82, 2.24) is 0 Å². The highest BCUT2D eigenvalue weighted by molar-refractivity contribution is 5.71. The molecule has 0 aromatic carbocycles. The highest BCUT2D eigenvalue weighted by atomic mass is 16.6. The molecule has 378 valence electrons. The number of carbonyl (C=O) groups excluding carboxylic acids is 3. The Morgan fingerprint density at radius 1 is 0.318 bits per heavy atom. The Kier molecular flexibility index (Phi) is 51.4. The Labute approximate surface area is 407 Å². The monoisotopic (exact) mass is 919 g/mol. The molecule has 0 aromatic rings. The van der Waals surface area contributed by atoms with Gasteiger partial charge in [0, 0.05) is 19.3 Å². The Hall–Kier alpha value is -3.41. The molecule has 0 saturated heterocycles. The molecule has 0 aliphatic rings. The summed E-state index contributed by atoms with van der Waals surface area (Å²) in [5.74, 6) is -0.976. The SMILES string of the molecule is CC/C=C\C/C=C\C/C=C\CCCCCCC(=O)OCC(COC(=O)CCC/C=C\C/C=C\C/C=C\C/C=C\CCCCC)OC(=O)CCCCCCCCCCCCCCCCCCC. The molecule has 0 N–H and O–H groups in total. The Morgan fingerprint density at radius 2 is 0.606 bits per heavy atom. The van der Waals surface area contributed by atoms with Crippen molar-refractivity contribution >= 4 is 17.9 Å². The maximum Gasteiger partial charge on any atom is 0.306 e. The van der Waals surface area contributed by atoms with Crippen molar-refractivity contribution < 1.29 is 28.6 Å². The molecule has 0 fully saturated rings. The third kappa shape index (κ3) is 51.6. The van der Waals surface area contributed by atoms with Crippen molar-refractivity contribution in [3.63, 3.8) is 0 Å². The van der Waals surface area contributed by atoms with E-state index >= 15 is 0 Å². The van der Waals surface area contributed by atoms with E-state index in [0.717, 1.165) is 96.3 Å². The van der Waals surface area contributed by atoms with Gasteiger partial charge in [-0.25, -0.2) is 0 Å². The number of rotatable bonds is 49. The number of esters is 3. The van der Waals surface area contributed by atoms with Crippen molar-refractivity contribution in [2.24, 2.45) is 0 Å². The zero-order valence-electron chi connectivity index (χ0n) is 43.2. The fourth-order valence-corrected chi connectivity index (χ4v) is 7.51. The molecular formula is C60H102O6. The standard InChI is InChI=1S/C60H102O6/c1-4-7-10-13-16-19-22-25-28-30-32-35-38-41-44-47-50-53-59(62)65-56-57(55-64-58(61)52-49-46-43-40-37-34-27-24-21-18-15-12-9-6-3)66-60(63)54-51-48-45-42-39-36-33-31-29-26-23-20-17-14-11-8-5-2/h9,12,16,18-19,21,25,27-28,32,34-35,41,44,57H,4-8,10-11,13-15,17,20,22-24,26,29-31,33,36-40,42-43,45-56H2,1-3H3/b12-9-,19-16-,21-18-,28-25-,34-27-,35-32-,44-41-. The van der Waals surface area contributed by atoms with Gasteiger partial charge in [0.15, 0.2) is 6.10 Å². The van der Waals surface area contributed by atoms with E-state index < -0.39 is 6.10 Å². The van der Waals surface area contributed by atoms with Gasteiger partial charge in [0.05, 0.1) is 0 Å². The second-order valence-corrected chi connectivity index (χ2v) is 18.1. The van der Waals surface area contributed by atoms with Crippen LogP contribution in [0.5, 0.6) is 0 Å². The summed E-state index contributed by atoms with van der Waals surface area (Å²) in [7, 11) is 0. The number of hydrogen-bond donors (Lipinski definition) is 0. The quantitative estimate of drug-likeness (QED) is 0.0262. The molecule has 0 heterocycles. The van der Waals surface area contributed by atoms with E-state index in [2.05, 4.69) is 106 Å². The van der Waals surface area contributed by atoms with Crippen LogP contribution in [0.4, 0.5) is 0 Å². The van der Waals surface area contributed by atoms with Crippen LogP contribution in [0, 0.1) is 0 Å². The summed E-state index contributed by atoms with van der Waals surface area (Å²) in [4.78, 5) is 38.1. The van der Waals surface area contributed by atoms with Crippen LogP contribution in [-0.2, 0) is 28.6 Å². The first-order valence-electron chi connectivity index (χ1n) is 27.6. The first kappa shape index (κ1) is 62.6. The number of allylic oxidation sites excluding steroid dienone is 14. The van der Waals surface area contributed by atoms with Crippen molar-refractivity contribution in [3.05, 3.63) is 85.1 Å². The van der Waals surface area contributed by atoms with E-state index in [1.165, 1.54) is 116 Å². The third-order valence-corrected chi connectivity index (χ3v) is 11.6. The van der Waals surface area contributed by atoms with Gasteiger partial charge in [-0.15, -0.1) is 0 Å². The zero-order chi connectivity index (χ0) is 47.9. The van der Waals surface area contributed by atoms with Crippen LogP contribution in [0.2, 0.25) is 0 Å². The van der Waals surface area contributed by atoms with Crippen LogP contribution < -0.4 is 0 Å². The summed E-state index contributed by atoms with van der Waals surface area (Å²) >= 11 is 0. The van der Waals surface area contributed by atoms with Gasteiger partial charge in [0.2, 0.25) is 0 Å². The van der Waals surface area contributed by atoms with Crippen molar-refractivity contribution in [3.8, 4) is 0 Å². The lowest BCUT2D eigenvalue weighted by Gasteiger charge is -2.18. The molecular weight excluding hydrogens is 817 g/mol. The molecule has 0 radical (unpaired) electrons. The molecule has 0 rings (SSSR count). The first-order chi connectivity index (χ1) is 32.5. The molecule has 0 saturated carbocycles. The fourth-order valence-electron chi connectivity index (χ4n) is 7.51. The first-order valence-corrected chi connectivity index (χ1v) is 27.6. The second-order valence-electron chi connectivity index (χ2n) is 18.1. The van der Waals surface area contributed by atoms with Gasteiger partial charge in [-0.1, -0.05) is 234 Å². The Balaban J connectivity index is 4.48. The zero-order valence-corrected chi connectivity index (χ0v) is 43.2. The summed E-state index contributed by atoms with van der Waals surface area (Å²) in [5.41, 5.74) is 0. The number of hydrogen-bond acceptors (Lipinski definition) is 6. The molecule has 0 aliphatic carbocycles. The van der Waals surface area contributed by atoms with Gasteiger partial charge >= 0.3 is 17.9 Å². The topological polar surface area (TPSA) is 78.9 Å². The molecule has 1 unspecified atom stereocenters. The number of ether oxygens (including phenoxy) is 3. The molecule has 6 heteroatoms. The van der Waals surface area contributed by atoms with Crippen molar-refractivity contribution in [2.75, 3.05) is 13.2 Å². The van der Waals surface area contributed by atoms with Crippen LogP contribution in [0.25, 0.3) is 0 Å². The maximum atomic E-state index is 12.8. The summed E-state index contributed by atoms with van der Waals surface area (Å²) in [6.07, 6.45) is 70.0. The van der Waals surface area contributed by atoms with E-state index in [4.69, 9.17) is 14.2 Å². The van der Waals surface area contributed by atoms with Crippen molar-refractivity contribution in [2.45, 2.75) is 264 Å². The second kappa shape index (κ2) is 54.2. The highest BCUT2D eigenvalue weighted by Crippen LogP contribution is 2.15. The number of unbranched alkanes of at least 4 members (excludes halogenated alkanes) is 24. The third-order valence-electron chi connectivity index (χ3n) is 11.6. The Bertz CT molecular complexity index is 1290. The normalized spacial score (nSPS) is 12.7. The van der Waals surface area contributed by atoms with E-state index in [9.17, 15) is 14.4 Å². The van der Waals surface area contributed by atoms with Gasteiger partial charge in [-0.3, -0.25) is 14.4 Å². The molecule has 0 amide bonds. The highest BCUT2D eigenvalue weighted by Gasteiger charge is 2.19. The molecule has 0 aromatic heterocycles. The van der Waals surface area contributed by atoms with Gasteiger partial charge in [-0.05, 0) is 89.9 Å². The summed E-state index contributed by atoms with van der Waals surface area (Å²) in [6, 6.07) is 0. The smallest absolute Gasteiger partial charge is 0.306 e. The van der Waals surface area contributed by atoms with Crippen LogP contribution >= 0.6 is 0 Å². The van der Waals surface area contributed by atoms with E-state index in [1.54, 1.807) is 0 Å². The minimum atomic E-state index is -0.806. The average Bonchev–Trinajstić information content (AvgIpc) is 3.31. The lowest BCUT2D eigenvalue weighted by molar-refractivity contribution is -0.167. The van der Waals surface area contributed by atoms with Crippen LogP contribution in [0.15, 0.2) is 85.1 Å². The predicted octanol–water partition coefficient (Wildman–Crippen LogP) is 18.4. The Morgan fingerprint density at radius 3 is 1.02 bits per heavy atom. The summed E-state index contributed by atoms with van der Waals surface area (Å²) in [6.45, 7) is 6.44. The molecule has 0 spiro atoms. The lowest BCUT2D eigenvalue weighted by Crippen LogP contribution is -2.30.